The molecule has 0 fully saturated rings. The van der Waals surface area contributed by atoms with Crippen LogP contribution in [0.15, 0.2) is 97.2 Å². The smallest absolute Gasteiger partial charge is 0.361 e. The molecule has 0 aromatic carbocycles. The van der Waals surface area contributed by atoms with Gasteiger partial charge in [0.15, 0.2) is 6.10 Å². The van der Waals surface area contributed by atoms with E-state index in [4.69, 9.17) is 18.9 Å². The molecule has 9 heteroatoms. The fourth-order valence-electron chi connectivity index (χ4n) is 7.82. The molecular formula is C64H110NO8+. The number of ether oxygens (including phenoxy) is 4. The van der Waals surface area contributed by atoms with Crippen LogP contribution in [0.4, 0.5) is 0 Å². The van der Waals surface area contributed by atoms with Gasteiger partial charge in [-0.3, -0.25) is 9.59 Å². The Bertz CT molecular complexity index is 1520. The third-order valence-electron chi connectivity index (χ3n) is 12.3. The molecule has 0 aliphatic rings. The lowest BCUT2D eigenvalue weighted by Crippen LogP contribution is -2.40. The van der Waals surface area contributed by atoms with E-state index in [1.54, 1.807) is 0 Å². The van der Waals surface area contributed by atoms with Crippen LogP contribution in [0.2, 0.25) is 0 Å². The van der Waals surface area contributed by atoms with Gasteiger partial charge >= 0.3 is 17.9 Å². The number of aliphatic carboxylic acids is 1. The highest BCUT2D eigenvalue weighted by Gasteiger charge is 2.25. The van der Waals surface area contributed by atoms with Gasteiger partial charge in [0.25, 0.3) is 6.29 Å². The van der Waals surface area contributed by atoms with Crippen molar-refractivity contribution >= 4 is 17.9 Å². The molecule has 1 N–H and O–H groups in total. The van der Waals surface area contributed by atoms with Crippen molar-refractivity contribution in [3.63, 3.8) is 0 Å². The van der Waals surface area contributed by atoms with Gasteiger partial charge in [-0.1, -0.05) is 227 Å². The highest BCUT2D eigenvalue weighted by Crippen LogP contribution is 2.16. The minimum atomic E-state index is -1.52. The third-order valence-corrected chi connectivity index (χ3v) is 12.3. The number of esters is 2. The van der Waals surface area contributed by atoms with Crippen molar-refractivity contribution < 1.29 is 42.9 Å². The van der Waals surface area contributed by atoms with E-state index in [1.165, 1.54) is 96.3 Å². The first-order valence-electron chi connectivity index (χ1n) is 29.4. The van der Waals surface area contributed by atoms with Crippen molar-refractivity contribution in [2.24, 2.45) is 0 Å². The zero-order valence-electron chi connectivity index (χ0n) is 47.5. The average Bonchev–Trinajstić information content (AvgIpc) is 3.36. The van der Waals surface area contributed by atoms with Crippen LogP contribution in [-0.2, 0) is 33.3 Å². The highest BCUT2D eigenvalue weighted by molar-refractivity contribution is 5.71. The van der Waals surface area contributed by atoms with Crippen molar-refractivity contribution in [1.82, 2.24) is 0 Å². The lowest BCUT2D eigenvalue weighted by Gasteiger charge is -2.25. The Morgan fingerprint density at radius 1 is 0.425 bits per heavy atom. The van der Waals surface area contributed by atoms with Gasteiger partial charge in [0.2, 0.25) is 0 Å². The van der Waals surface area contributed by atoms with Crippen LogP contribution in [0, 0.1) is 0 Å². The van der Waals surface area contributed by atoms with Gasteiger partial charge in [0.1, 0.15) is 13.2 Å². The number of hydrogen-bond donors (Lipinski definition) is 1. The van der Waals surface area contributed by atoms with Crippen LogP contribution in [0.3, 0.4) is 0 Å². The van der Waals surface area contributed by atoms with E-state index in [-0.39, 0.29) is 38.6 Å². The van der Waals surface area contributed by atoms with Crippen LogP contribution < -0.4 is 0 Å². The number of carboxylic acid groups (broad SMARTS) is 1. The maximum Gasteiger partial charge on any atom is 0.361 e. The first-order chi connectivity index (χ1) is 35.6. The zero-order chi connectivity index (χ0) is 53.4. The lowest BCUT2D eigenvalue weighted by molar-refractivity contribution is -0.870. The fraction of sp³-hybridized carbons (Fsp3) is 0.703. The molecular weight excluding hydrogens is 911 g/mol. The fourth-order valence-corrected chi connectivity index (χ4v) is 7.82. The molecule has 2 atom stereocenters. The summed E-state index contributed by atoms with van der Waals surface area (Å²) in [6.45, 7) is 4.68. The summed E-state index contributed by atoms with van der Waals surface area (Å²) in [5.41, 5.74) is 0. The van der Waals surface area contributed by atoms with Crippen LogP contribution in [0.1, 0.15) is 232 Å². The number of carbonyl (C=O) groups excluding carboxylic acids is 2. The van der Waals surface area contributed by atoms with Crippen LogP contribution >= 0.6 is 0 Å². The predicted octanol–water partition coefficient (Wildman–Crippen LogP) is 17.3. The summed E-state index contributed by atoms with van der Waals surface area (Å²) < 4.78 is 22.8. The standard InChI is InChI=1S/C64H109NO8/c1-6-8-10-12-14-16-18-20-21-22-23-24-25-26-27-28-29-30-31-32-33-34-35-36-37-38-39-40-41-43-45-47-49-51-53-55-62(67)73-60(59-72-64(63(68)69)70-57-56-65(3,4)5)58-71-61(66)54-52-50-48-46-44-42-19-17-15-13-11-9-7-2/h8,10-11,13-14,16-17,19-21,23-24,26-27,29-30,60,64H,6-7,9,12,15,18,22,25,28,31-59H2,1-5H3/p+1/b10-8-,13-11-,16-14-,19-17-,21-20-,24-23-,27-26-,30-29-. The van der Waals surface area contributed by atoms with Crippen molar-refractivity contribution in [3.8, 4) is 0 Å². The van der Waals surface area contributed by atoms with Gasteiger partial charge in [-0.25, -0.2) is 4.79 Å². The van der Waals surface area contributed by atoms with E-state index in [2.05, 4.69) is 111 Å². The van der Waals surface area contributed by atoms with Crippen LogP contribution in [-0.4, -0.2) is 87.4 Å². The van der Waals surface area contributed by atoms with E-state index >= 15 is 0 Å². The van der Waals surface area contributed by atoms with E-state index in [9.17, 15) is 19.5 Å². The molecule has 9 nitrogen and oxygen atoms in total. The molecule has 0 heterocycles. The monoisotopic (exact) mass is 1020 g/mol. The number of likely N-dealkylation sites (N-methyl/N-ethyl adjacent to an activating group) is 1. The normalized spacial score (nSPS) is 13.5. The molecule has 0 amide bonds. The Kier molecular flexibility index (Phi) is 51.6. The Balaban J connectivity index is 4.10. The zero-order valence-corrected chi connectivity index (χ0v) is 47.5. The number of nitrogens with zero attached hydrogens (tertiary/aromatic N) is 1. The van der Waals surface area contributed by atoms with E-state index < -0.39 is 24.3 Å². The average molecular weight is 1020 g/mol. The number of hydrogen-bond acceptors (Lipinski definition) is 7. The van der Waals surface area contributed by atoms with E-state index in [0.717, 1.165) is 103 Å². The maximum atomic E-state index is 12.9. The Hall–Kier alpha value is -3.79. The molecule has 0 bridgehead atoms. The van der Waals surface area contributed by atoms with Crippen molar-refractivity contribution in [1.29, 1.82) is 0 Å². The molecule has 0 aliphatic carbocycles. The first kappa shape index (κ1) is 69.2. The second-order valence-electron chi connectivity index (χ2n) is 20.6. The highest BCUT2D eigenvalue weighted by atomic mass is 16.7. The maximum absolute atomic E-state index is 12.9. The quantitative estimate of drug-likeness (QED) is 0.0211. The molecule has 0 radical (unpaired) electrons. The summed E-state index contributed by atoms with van der Waals surface area (Å²) in [5.74, 6) is -2.03. The number of rotatable bonds is 53. The molecule has 418 valence electrons. The topological polar surface area (TPSA) is 108 Å². The number of carbonyl (C=O) groups is 3. The summed E-state index contributed by atoms with van der Waals surface area (Å²) in [5, 5.41) is 9.69. The summed E-state index contributed by atoms with van der Waals surface area (Å²) in [6.07, 6.45) is 70.7. The number of carboxylic acids is 1. The Morgan fingerprint density at radius 2 is 0.781 bits per heavy atom. The molecule has 0 rings (SSSR count). The van der Waals surface area contributed by atoms with E-state index in [1.807, 2.05) is 21.1 Å². The summed E-state index contributed by atoms with van der Waals surface area (Å²) >= 11 is 0. The molecule has 0 aromatic heterocycles. The number of unbranched alkanes of at least 4 members (excludes halogenated alkanes) is 22. The summed E-state index contributed by atoms with van der Waals surface area (Å²) in [6, 6.07) is 0. The van der Waals surface area contributed by atoms with Gasteiger partial charge < -0.3 is 28.5 Å². The first-order valence-corrected chi connectivity index (χ1v) is 29.4. The second kappa shape index (κ2) is 54.5. The molecule has 0 aliphatic heterocycles. The van der Waals surface area contributed by atoms with Gasteiger partial charge in [-0.15, -0.1) is 0 Å². The van der Waals surface area contributed by atoms with Crippen molar-refractivity contribution in [3.05, 3.63) is 97.2 Å². The number of quaternary nitrogens is 1. The van der Waals surface area contributed by atoms with Gasteiger partial charge in [-0.05, 0) is 89.9 Å². The van der Waals surface area contributed by atoms with E-state index in [0.29, 0.717) is 17.4 Å². The second-order valence-corrected chi connectivity index (χ2v) is 20.6. The van der Waals surface area contributed by atoms with Gasteiger partial charge in [0.05, 0.1) is 34.4 Å². The largest absolute Gasteiger partial charge is 0.477 e. The lowest BCUT2D eigenvalue weighted by atomic mass is 10.0. The number of allylic oxidation sites excluding steroid dienone is 16. The summed E-state index contributed by atoms with van der Waals surface area (Å²) in [7, 11) is 5.96. The predicted molar refractivity (Wildman–Crippen MR) is 309 cm³/mol. The van der Waals surface area contributed by atoms with Gasteiger partial charge in [0, 0.05) is 12.8 Å². The molecule has 0 saturated heterocycles. The molecule has 73 heavy (non-hydrogen) atoms. The minimum Gasteiger partial charge on any atom is -0.477 e. The molecule has 0 saturated carbocycles. The van der Waals surface area contributed by atoms with Gasteiger partial charge in [-0.2, -0.15) is 0 Å². The molecule has 0 spiro atoms. The molecule has 0 aromatic rings. The summed E-state index contributed by atoms with van der Waals surface area (Å²) in [4.78, 5) is 37.3. The van der Waals surface area contributed by atoms with Crippen LogP contribution in [0.5, 0.6) is 0 Å². The minimum absolute atomic E-state index is 0.182. The third kappa shape index (κ3) is 55.8. The Labute approximate surface area is 448 Å². The Morgan fingerprint density at radius 3 is 1.16 bits per heavy atom. The van der Waals surface area contributed by atoms with Crippen LogP contribution in [0.25, 0.3) is 0 Å². The molecule has 2 unspecified atom stereocenters. The SMILES string of the molecule is CC/C=C\C/C=C\C/C=C\C/C=C\C/C=C\C/C=C\CCCCCCCCCCCCCCCCCCC(=O)OC(COC(=O)CCCCCCC/C=C\C/C=C\CCC)COC(OCC[N+](C)(C)C)C(=O)O. The van der Waals surface area contributed by atoms with Crippen molar-refractivity contribution in [2.75, 3.05) is 47.5 Å². The van der Waals surface area contributed by atoms with Crippen molar-refractivity contribution in [2.45, 2.75) is 245 Å².